The van der Waals surface area contributed by atoms with Gasteiger partial charge in [0.15, 0.2) is 0 Å². The maximum Gasteiger partial charge on any atom is 0.293 e. The molecule has 0 unspecified atom stereocenters. The number of piperazine rings is 1. The van der Waals surface area contributed by atoms with E-state index in [9.17, 15) is 14.9 Å². The molecule has 0 saturated carbocycles. The number of hydrogen-bond acceptors (Lipinski definition) is 6. The number of carbonyl (C=O) groups is 1. The fourth-order valence-electron chi connectivity index (χ4n) is 3.06. The second kappa shape index (κ2) is 7.04. The number of nitro groups is 1. The molecule has 1 aromatic rings. The van der Waals surface area contributed by atoms with Crippen molar-refractivity contribution >= 4 is 17.3 Å². The number of rotatable bonds is 4. The topological polar surface area (TPSA) is 88.0 Å². The van der Waals surface area contributed by atoms with E-state index in [0.717, 1.165) is 0 Å². The minimum absolute atomic E-state index is 0.111. The van der Waals surface area contributed by atoms with Crippen LogP contribution in [0.3, 0.4) is 0 Å². The predicted molar refractivity (Wildman–Crippen MR) is 91.9 cm³/mol. The summed E-state index contributed by atoms with van der Waals surface area (Å²) in [5.41, 5.74) is 0.506. The van der Waals surface area contributed by atoms with Crippen LogP contribution in [0, 0.1) is 10.1 Å². The van der Waals surface area contributed by atoms with E-state index in [2.05, 4.69) is 5.32 Å². The summed E-state index contributed by atoms with van der Waals surface area (Å²) in [6.45, 7) is 5.11. The van der Waals surface area contributed by atoms with Gasteiger partial charge in [0.05, 0.1) is 17.6 Å². The van der Waals surface area contributed by atoms with Gasteiger partial charge in [0.1, 0.15) is 11.4 Å². The molecule has 1 aliphatic heterocycles. The van der Waals surface area contributed by atoms with E-state index < -0.39 is 4.92 Å². The maximum atomic E-state index is 12.9. The van der Waals surface area contributed by atoms with Crippen LogP contribution in [0.5, 0.6) is 5.75 Å². The van der Waals surface area contributed by atoms with E-state index in [1.807, 2.05) is 13.8 Å². The highest BCUT2D eigenvalue weighted by Gasteiger charge is 2.30. The fraction of sp³-hybridized carbons (Fsp3) is 0.562. The smallest absolute Gasteiger partial charge is 0.293 e. The van der Waals surface area contributed by atoms with E-state index in [-0.39, 0.29) is 29.2 Å². The third-order valence-corrected chi connectivity index (χ3v) is 4.05. The van der Waals surface area contributed by atoms with Crippen molar-refractivity contribution in [2.75, 3.05) is 39.2 Å². The Kier molecular flexibility index (Phi) is 5.28. The second-order valence-corrected chi connectivity index (χ2v) is 6.37. The minimum atomic E-state index is -0.478. The van der Waals surface area contributed by atoms with Crippen molar-refractivity contribution in [3.8, 4) is 5.75 Å². The van der Waals surface area contributed by atoms with Crippen LogP contribution < -0.4 is 15.0 Å². The van der Waals surface area contributed by atoms with Crippen LogP contribution in [-0.4, -0.2) is 62.1 Å². The number of nitrogens with one attached hydrogen (secondary N) is 1. The first-order valence-corrected chi connectivity index (χ1v) is 7.83. The Morgan fingerprint density at radius 3 is 2.38 bits per heavy atom. The fourth-order valence-corrected chi connectivity index (χ4v) is 3.06. The molecule has 8 heteroatoms. The van der Waals surface area contributed by atoms with Gasteiger partial charge < -0.3 is 19.9 Å². The molecule has 1 saturated heterocycles. The van der Waals surface area contributed by atoms with Crippen LogP contribution in [0.15, 0.2) is 12.1 Å². The van der Waals surface area contributed by atoms with Crippen molar-refractivity contribution in [3.63, 3.8) is 0 Å². The summed E-state index contributed by atoms with van der Waals surface area (Å²) in [6.07, 6.45) is 0. The Bertz CT molecular complexity index is 637. The number of methoxy groups -OCH3 is 1. The molecule has 1 N–H and O–H groups in total. The van der Waals surface area contributed by atoms with Crippen molar-refractivity contribution < 1.29 is 14.5 Å². The maximum absolute atomic E-state index is 12.9. The molecule has 24 heavy (non-hydrogen) atoms. The van der Waals surface area contributed by atoms with Crippen molar-refractivity contribution in [1.29, 1.82) is 0 Å². The first kappa shape index (κ1) is 18.0. The normalized spacial score (nSPS) is 20.6. The van der Waals surface area contributed by atoms with Gasteiger partial charge in [0.2, 0.25) is 0 Å². The highest BCUT2D eigenvalue weighted by molar-refractivity contribution is 5.99. The molecule has 1 aromatic carbocycles. The molecule has 0 bridgehead atoms. The number of hydrogen-bond donors (Lipinski definition) is 1. The molecule has 0 aliphatic carbocycles. The van der Waals surface area contributed by atoms with Gasteiger partial charge in [0, 0.05) is 51.4 Å². The summed E-state index contributed by atoms with van der Waals surface area (Å²) in [6, 6.07) is 3.19. The third-order valence-electron chi connectivity index (χ3n) is 4.05. The average molecular weight is 336 g/mol. The van der Waals surface area contributed by atoms with E-state index >= 15 is 0 Å². The van der Waals surface area contributed by atoms with Gasteiger partial charge >= 0.3 is 0 Å². The number of ether oxygens (including phenoxy) is 1. The van der Waals surface area contributed by atoms with E-state index in [4.69, 9.17) is 4.74 Å². The summed E-state index contributed by atoms with van der Waals surface area (Å²) in [5.74, 6) is 0.0913. The zero-order chi connectivity index (χ0) is 18.0. The molecule has 132 valence electrons. The molecule has 1 fully saturated rings. The van der Waals surface area contributed by atoms with Crippen LogP contribution in [0.2, 0.25) is 0 Å². The Morgan fingerprint density at radius 2 is 1.92 bits per heavy atom. The summed E-state index contributed by atoms with van der Waals surface area (Å²) >= 11 is 0. The van der Waals surface area contributed by atoms with E-state index in [0.29, 0.717) is 24.5 Å². The molecule has 0 spiro atoms. The monoisotopic (exact) mass is 336 g/mol. The lowest BCUT2D eigenvalue weighted by Crippen LogP contribution is -2.55. The molecule has 1 amide bonds. The van der Waals surface area contributed by atoms with E-state index in [1.54, 1.807) is 30.0 Å². The standard InChI is InChI=1S/C16H24N4O4/c1-10-8-19(9-11(2)17-10)16(21)12-6-14(20(22)23)13(18(3)4)7-15(12)24-5/h6-7,10-11,17H,8-9H2,1-5H3/t10-,11-/m1/s1. The van der Waals surface area contributed by atoms with Gasteiger partial charge in [-0.05, 0) is 13.8 Å². The lowest BCUT2D eigenvalue weighted by atomic mass is 10.1. The number of nitro benzene ring substituents is 1. The first-order valence-electron chi connectivity index (χ1n) is 7.83. The molecular weight excluding hydrogens is 312 g/mol. The molecule has 0 aromatic heterocycles. The summed E-state index contributed by atoms with van der Waals surface area (Å²) < 4.78 is 5.32. The van der Waals surface area contributed by atoms with Gasteiger partial charge in [-0.1, -0.05) is 0 Å². The lowest BCUT2D eigenvalue weighted by Gasteiger charge is -2.36. The number of amides is 1. The second-order valence-electron chi connectivity index (χ2n) is 6.37. The Morgan fingerprint density at radius 1 is 1.33 bits per heavy atom. The van der Waals surface area contributed by atoms with Gasteiger partial charge in [-0.25, -0.2) is 0 Å². The van der Waals surface area contributed by atoms with Crippen LogP contribution in [-0.2, 0) is 0 Å². The van der Waals surface area contributed by atoms with Crippen LogP contribution in [0.25, 0.3) is 0 Å². The molecular formula is C16H24N4O4. The van der Waals surface area contributed by atoms with Crippen molar-refractivity contribution in [1.82, 2.24) is 10.2 Å². The van der Waals surface area contributed by atoms with Crippen LogP contribution in [0.4, 0.5) is 11.4 Å². The average Bonchev–Trinajstić information content (AvgIpc) is 2.51. The van der Waals surface area contributed by atoms with Gasteiger partial charge in [-0.15, -0.1) is 0 Å². The molecule has 2 rings (SSSR count). The highest BCUT2D eigenvalue weighted by Crippen LogP contribution is 2.35. The first-order chi connectivity index (χ1) is 11.2. The van der Waals surface area contributed by atoms with Crippen LogP contribution >= 0.6 is 0 Å². The van der Waals surface area contributed by atoms with Gasteiger partial charge in [0.25, 0.3) is 11.6 Å². The number of nitrogens with zero attached hydrogens (tertiary/aromatic N) is 3. The van der Waals surface area contributed by atoms with Crippen LogP contribution in [0.1, 0.15) is 24.2 Å². The summed E-state index contributed by atoms with van der Waals surface area (Å²) in [7, 11) is 4.88. The highest BCUT2D eigenvalue weighted by atomic mass is 16.6. The summed E-state index contributed by atoms with van der Waals surface area (Å²) in [4.78, 5) is 27.2. The Balaban J connectivity index is 2.46. The largest absolute Gasteiger partial charge is 0.496 e. The molecule has 2 atom stereocenters. The molecule has 1 heterocycles. The SMILES string of the molecule is COc1cc(N(C)C)c([N+](=O)[O-])cc1C(=O)N1C[C@@H](C)N[C@H](C)C1. The van der Waals surface area contributed by atoms with E-state index in [1.165, 1.54) is 13.2 Å². The van der Waals surface area contributed by atoms with Crippen molar-refractivity contribution in [3.05, 3.63) is 27.8 Å². The lowest BCUT2D eigenvalue weighted by molar-refractivity contribution is -0.384. The van der Waals surface area contributed by atoms with Gasteiger partial charge in [-0.3, -0.25) is 14.9 Å². The van der Waals surface area contributed by atoms with Crippen molar-refractivity contribution in [2.24, 2.45) is 0 Å². The summed E-state index contributed by atoms with van der Waals surface area (Å²) in [5, 5.41) is 14.7. The van der Waals surface area contributed by atoms with Crippen molar-refractivity contribution in [2.45, 2.75) is 25.9 Å². The quantitative estimate of drug-likeness (QED) is 0.662. The third kappa shape index (κ3) is 3.59. The zero-order valence-electron chi connectivity index (χ0n) is 14.7. The number of carbonyl (C=O) groups excluding carboxylic acids is 1. The Hall–Kier alpha value is -2.35. The molecule has 1 aliphatic rings. The number of anilines is 1. The number of benzene rings is 1. The molecule has 8 nitrogen and oxygen atoms in total. The van der Waals surface area contributed by atoms with Gasteiger partial charge in [-0.2, -0.15) is 0 Å². The molecule has 0 radical (unpaired) electrons. The Labute approximate surface area is 141 Å². The zero-order valence-corrected chi connectivity index (χ0v) is 14.7. The predicted octanol–water partition coefficient (Wildman–Crippen LogP) is 1.49. The minimum Gasteiger partial charge on any atom is -0.496 e.